The summed E-state index contributed by atoms with van der Waals surface area (Å²) in [6.07, 6.45) is 0. The molecule has 0 bridgehead atoms. The Labute approximate surface area is 299 Å². The first-order valence-electron chi connectivity index (χ1n) is 17.6. The van der Waals surface area contributed by atoms with E-state index < -0.39 is 0 Å². The van der Waals surface area contributed by atoms with E-state index in [9.17, 15) is 0 Å². The summed E-state index contributed by atoms with van der Waals surface area (Å²) >= 11 is 0. The fraction of sp³-hybridized carbons (Fsp3) is 0. The van der Waals surface area contributed by atoms with E-state index in [-0.39, 0.29) is 0 Å². The Balaban J connectivity index is 1.05. The molecule has 0 aliphatic heterocycles. The molecular formula is C49H29NO2. The minimum Gasteiger partial charge on any atom is -0.455 e. The zero-order valence-electron chi connectivity index (χ0n) is 28.0. The molecule has 0 aliphatic rings. The van der Waals surface area contributed by atoms with E-state index in [0.717, 1.165) is 99.1 Å². The highest BCUT2D eigenvalue weighted by molar-refractivity contribution is 6.25. The molecule has 0 radical (unpaired) electrons. The number of rotatable bonds is 4. The van der Waals surface area contributed by atoms with Crippen LogP contribution < -0.4 is 0 Å². The number of benzene rings is 8. The Hall–Kier alpha value is -6.97. The number of nitrogens with zero attached hydrogens (tertiary/aromatic N) is 1. The van der Waals surface area contributed by atoms with Gasteiger partial charge in [-0.1, -0.05) is 133 Å². The SMILES string of the molecule is c1ccc(-c2ccc3oc4c(-c5cccc(-c6ccc7oc8c(ccc9c(-c%10ccccc%10)nc%10ccccc%10c98)c7c6)c5)cccc4c3c2)cc1. The fourth-order valence-electron chi connectivity index (χ4n) is 7.97. The van der Waals surface area contributed by atoms with Crippen LogP contribution in [-0.2, 0) is 0 Å². The third-order valence-corrected chi connectivity index (χ3v) is 10.5. The molecule has 11 aromatic rings. The molecule has 0 atom stereocenters. The highest BCUT2D eigenvalue weighted by Crippen LogP contribution is 2.42. The number of hydrogen-bond acceptors (Lipinski definition) is 3. The molecule has 0 saturated carbocycles. The van der Waals surface area contributed by atoms with Gasteiger partial charge in [0.25, 0.3) is 0 Å². The maximum Gasteiger partial charge on any atom is 0.144 e. The largest absolute Gasteiger partial charge is 0.455 e. The predicted molar refractivity (Wildman–Crippen MR) is 216 cm³/mol. The van der Waals surface area contributed by atoms with Gasteiger partial charge in [0, 0.05) is 48.8 Å². The van der Waals surface area contributed by atoms with Crippen molar-refractivity contribution in [3.05, 3.63) is 176 Å². The quantitative estimate of drug-likeness (QED) is 0.176. The Morgan fingerprint density at radius 2 is 0.885 bits per heavy atom. The van der Waals surface area contributed by atoms with Gasteiger partial charge in [-0.3, -0.25) is 0 Å². The summed E-state index contributed by atoms with van der Waals surface area (Å²) in [5.41, 5.74) is 13.4. The molecule has 0 amide bonds. The maximum absolute atomic E-state index is 6.72. The lowest BCUT2D eigenvalue weighted by molar-refractivity contribution is 0.670. The monoisotopic (exact) mass is 663 g/mol. The summed E-state index contributed by atoms with van der Waals surface area (Å²) in [5.74, 6) is 0. The van der Waals surface area contributed by atoms with E-state index in [4.69, 9.17) is 13.8 Å². The van der Waals surface area contributed by atoms with Crippen molar-refractivity contribution in [1.82, 2.24) is 4.98 Å². The van der Waals surface area contributed by atoms with Crippen LogP contribution in [0, 0.1) is 0 Å². The second kappa shape index (κ2) is 11.3. The van der Waals surface area contributed by atoms with Crippen molar-refractivity contribution in [3.8, 4) is 44.6 Å². The number of furan rings is 2. The van der Waals surface area contributed by atoms with Crippen LogP contribution in [0.4, 0.5) is 0 Å². The first-order chi connectivity index (χ1) is 25.8. The summed E-state index contributed by atoms with van der Waals surface area (Å²) in [7, 11) is 0. The Morgan fingerprint density at radius 1 is 0.327 bits per heavy atom. The zero-order chi connectivity index (χ0) is 34.2. The molecule has 0 saturated heterocycles. The molecule has 0 unspecified atom stereocenters. The van der Waals surface area contributed by atoms with E-state index in [2.05, 4.69) is 158 Å². The lowest BCUT2D eigenvalue weighted by Crippen LogP contribution is -1.89. The number of aromatic nitrogens is 1. The van der Waals surface area contributed by atoms with Crippen LogP contribution in [0.15, 0.2) is 185 Å². The number of pyridine rings is 1. The second-order valence-corrected chi connectivity index (χ2v) is 13.5. The van der Waals surface area contributed by atoms with Gasteiger partial charge in [0.15, 0.2) is 0 Å². The van der Waals surface area contributed by atoms with Crippen LogP contribution in [0.1, 0.15) is 0 Å². The van der Waals surface area contributed by atoms with E-state index in [1.165, 1.54) is 11.1 Å². The van der Waals surface area contributed by atoms with Crippen molar-refractivity contribution in [1.29, 1.82) is 0 Å². The Bertz CT molecular complexity index is 3170. The van der Waals surface area contributed by atoms with Gasteiger partial charge in [0.2, 0.25) is 0 Å². The summed E-state index contributed by atoms with van der Waals surface area (Å²) < 4.78 is 13.3. The van der Waals surface area contributed by atoms with Crippen molar-refractivity contribution in [3.63, 3.8) is 0 Å². The summed E-state index contributed by atoms with van der Waals surface area (Å²) in [5, 5.41) is 7.70. The predicted octanol–water partition coefficient (Wildman–Crippen LogP) is 13.9. The van der Waals surface area contributed by atoms with Gasteiger partial charge in [-0.25, -0.2) is 4.98 Å². The highest BCUT2D eigenvalue weighted by atomic mass is 16.3. The number of para-hydroxylation sites is 2. The lowest BCUT2D eigenvalue weighted by atomic mass is 9.95. The topological polar surface area (TPSA) is 39.2 Å². The third-order valence-electron chi connectivity index (χ3n) is 10.5. The van der Waals surface area contributed by atoms with E-state index in [1.807, 2.05) is 18.2 Å². The molecule has 3 heteroatoms. The van der Waals surface area contributed by atoms with Gasteiger partial charge in [0.05, 0.1) is 11.2 Å². The van der Waals surface area contributed by atoms with E-state index in [1.54, 1.807) is 0 Å². The standard InChI is InChI=1S/C49H29NO2/c1-3-11-30(12-4-1)33-21-25-44-41(28-33)37-19-10-18-36(48(37)51-44)35-16-9-15-32(27-35)34-22-26-45-42(29-34)38-23-24-40-46(49(38)52-45)39-17-7-8-20-43(39)50-47(40)31-13-5-2-6-14-31/h1-29H. The molecule has 11 rings (SSSR count). The minimum atomic E-state index is 0.867. The second-order valence-electron chi connectivity index (χ2n) is 13.5. The smallest absolute Gasteiger partial charge is 0.144 e. The summed E-state index contributed by atoms with van der Waals surface area (Å²) in [4.78, 5) is 5.12. The number of fused-ring (bicyclic) bond motifs is 10. The van der Waals surface area contributed by atoms with Crippen LogP contribution in [-0.4, -0.2) is 4.98 Å². The van der Waals surface area contributed by atoms with Gasteiger partial charge in [-0.2, -0.15) is 0 Å². The lowest BCUT2D eigenvalue weighted by Gasteiger charge is -2.10. The molecule has 52 heavy (non-hydrogen) atoms. The summed E-state index contributed by atoms with van der Waals surface area (Å²) in [6.45, 7) is 0. The number of hydrogen-bond donors (Lipinski definition) is 0. The average molecular weight is 664 g/mol. The van der Waals surface area contributed by atoms with Gasteiger partial charge >= 0.3 is 0 Å². The molecule has 3 aromatic heterocycles. The van der Waals surface area contributed by atoms with Crippen molar-refractivity contribution in [2.45, 2.75) is 0 Å². The van der Waals surface area contributed by atoms with Crippen LogP contribution in [0.5, 0.6) is 0 Å². The molecule has 0 aliphatic carbocycles. The molecule has 0 N–H and O–H groups in total. The van der Waals surface area contributed by atoms with Crippen molar-refractivity contribution >= 4 is 65.6 Å². The maximum atomic E-state index is 6.72. The summed E-state index contributed by atoms with van der Waals surface area (Å²) in [6, 6.07) is 61.9. The first kappa shape index (κ1) is 28.8. The van der Waals surface area contributed by atoms with Gasteiger partial charge in [-0.15, -0.1) is 0 Å². The van der Waals surface area contributed by atoms with Crippen molar-refractivity contribution in [2.75, 3.05) is 0 Å². The molecule has 0 spiro atoms. The van der Waals surface area contributed by atoms with Crippen molar-refractivity contribution in [2.24, 2.45) is 0 Å². The van der Waals surface area contributed by atoms with E-state index in [0.29, 0.717) is 0 Å². The van der Waals surface area contributed by atoms with Crippen LogP contribution in [0.2, 0.25) is 0 Å². The normalized spacial score (nSPS) is 11.8. The third kappa shape index (κ3) is 4.43. The molecular weight excluding hydrogens is 635 g/mol. The Kier molecular flexibility index (Phi) is 6.25. The average Bonchev–Trinajstić information content (AvgIpc) is 3.79. The van der Waals surface area contributed by atoms with Gasteiger partial charge < -0.3 is 8.83 Å². The van der Waals surface area contributed by atoms with Gasteiger partial charge in [-0.05, 0) is 70.3 Å². The molecule has 3 nitrogen and oxygen atoms in total. The zero-order valence-corrected chi connectivity index (χ0v) is 28.0. The van der Waals surface area contributed by atoms with Crippen molar-refractivity contribution < 1.29 is 8.83 Å². The molecule has 8 aromatic carbocycles. The molecule has 3 heterocycles. The van der Waals surface area contributed by atoms with E-state index >= 15 is 0 Å². The minimum absolute atomic E-state index is 0.867. The molecule has 242 valence electrons. The van der Waals surface area contributed by atoms with Crippen LogP contribution in [0.3, 0.4) is 0 Å². The first-order valence-corrected chi connectivity index (χ1v) is 17.6. The fourth-order valence-corrected chi connectivity index (χ4v) is 7.97. The van der Waals surface area contributed by atoms with Crippen LogP contribution >= 0.6 is 0 Å². The molecule has 0 fully saturated rings. The van der Waals surface area contributed by atoms with Crippen LogP contribution in [0.25, 0.3) is 110 Å². The van der Waals surface area contributed by atoms with Gasteiger partial charge in [0.1, 0.15) is 22.3 Å². The highest BCUT2D eigenvalue weighted by Gasteiger charge is 2.18. The Morgan fingerprint density at radius 3 is 1.67 bits per heavy atom.